The standard InChI is InChI=1S/C36H57BrO2/c1-3-5-7-9-11-13-15-17-19-21-28-38-33-25-23-24-32(30-33)35-31-34(26-27-36(35)37)39-29-22-20-18-16-14-12-10-8-6-4-2/h23-27,30-31H,3-22,28-29H2,1-2H3. The summed E-state index contributed by atoms with van der Waals surface area (Å²) in [6.07, 6.45) is 26.9. The SMILES string of the molecule is CCCCCCCCCCCCOc1cccc(-c2cc(OCCCCCCCCCCCC)ccc2Br)c1. The van der Waals surface area contributed by atoms with Crippen LogP contribution in [0.3, 0.4) is 0 Å². The quantitative estimate of drug-likeness (QED) is 0.105. The van der Waals surface area contributed by atoms with Gasteiger partial charge in [0.05, 0.1) is 13.2 Å². The zero-order valence-electron chi connectivity index (χ0n) is 25.3. The molecular weight excluding hydrogens is 544 g/mol. The molecule has 220 valence electrons. The molecule has 0 saturated carbocycles. The Kier molecular flexibility index (Phi) is 20.1. The normalized spacial score (nSPS) is 11.2. The molecule has 0 aliphatic carbocycles. The average molecular weight is 602 g/mol. The Labute approximate surface area is 249 Å². The van der Waals surface area contributed by atoms with E-state index in [-0.39, 0.29) is 0 Å². The summed E-state index contributed by atoms with van der Waals surface area (Å²) < 4.78 is 13.3. The lowest BCUT2D eigenvalue weighted by atomic mass is 10.1. The number of unbranched alkanes of at least 4 members (excludes halogenated alkanes) is 18. The maximum absolute atomic E-state index is 6.12. The van der Waals surface area contributed by atoms with Gasteiger partial charge in [-0.25, -0.2) is 0 Å². The van der Waals surface area contributed by atoms with E-state index < -0.39 is 0 Å². The average Bonchev–Trinajstić information content (AvgIpc) is 2.95. The van der Waals surface area contributed by atoms with Crippen molar-refractivity contribution in [2.24, 2.45) is 0 Å². The molecule has 3 heteroatoms. The molecule has 0 unspecified atom stereocenters. The van der Waals surface area contributed by atoms with Gasteiger partial charge in [-0.05, 0) is 54.3 Å². The number of rotatable bonds is 25. The van der Waals surface area contributed by atoms with E-state index >= 15 is 0 Å². The highest BCUT2D eigenvalue weighted by atomic mass is 79.9. The number of hydrogen-bond acceptors (Lipinski definition) is 2. The number of halogens is 1. The largest absolute Gasteiger partial charge is 0.494 e. The summed E-state index contributed by atoms with van der Waals surface area (Å²) in [5, 5.41) is 0. The minimum absolute atomic E-state index is 0.791. The van der Waals surface area contributed by atoms with Crippen molar-refractivity contribution in [2.75, 3.05) is 13.2 Å². The smallest absolute Gasteiger partial charge is 0.119 e. The molecule has 0 heterocycles. The van der Waals surface area contributed by atoms with Crippen LogP contribution in [0.2, 0.25) is 0 Å². The van der Waals surface area contributed by atoms with Gasteiger partial charge in [0.1, 0.15) is 11.5 Å². The Morgan fingerprint density at radius 1 is 0.487 bits per heavy atom. The van der Waals surface area contributed by atoms with Gasteiger partial charge in [0.2, 0.25) is 0 Å². The summed E-state index contributed by atoms with van der Waals surface area (Å²) in [7, 11) is 0. The Morgan fingerprint density at radius 2 is 0.923 bits per heavy atom. The Hall–Kier alpha value is -1.48. The first-order chi connectivity index (χ1) is 19.2. The first-order valence-electron chi connectivity index (χ1n) is 16.4. The lowest BCUT2D eigenvalue weighted by Crippen LogP contribution is -1.98. The topological polar surface area (TPSA) is 18.5 Å². The van der Waals surface area contributed by atoms with E-state index in [9.17, 15) is 0 Å². The van der Waals surface area contributed by atoms with Gasteiger partial charge in [-0.1, -0.05) is 157 Å². The van der Waals surface area contributed by atoms with Crippen molar-refractivity contribution in [3.8, 4) is 22.6 Å². The monoisotopic (exact) mass is 600 g/mol. The fourth-order valence-corrected chi connectivity index (χ4v) is 5.60. The Balaban J connectivity index is 1.64. The van der Waals surface area contributed by atoms with Gasteiger partial charge in [-0.3, -0.25) is 0 Å². The van der Waals surface area contributed by atoms with E-state index in [1.165, 1.54) is 116 Å². The second kappa shape index (κ2) is 23.2. The lowest BCUT2D eigenvalue weighted by molar-refractivity contribution is 0.304. The van der Waals surface area contributed by atoms with Crippen molar-refractivity contribution in [3.05, 3.63) is 46.9 Å². The summed E-state index contributed by atoms with van der Waals surface area (Å²) in [5.41, 5.74) is 2.31. The molecule has 0 N–H and O–H groups in total. The van der Waals surface area contributed by atoms with E-state index in [1.54, 1.807) is 0 Å². The fourth-order valence-electron chi connectivity index (χ4n) is 5.13. The third-order valence-corrected chi connectivity index (χ3v) is 8.31. The minimum Gasteiger partial charge on any atom is -0.494 e. The molecule has 0 atom stereocenters. The van der Waals surface area contributed by atoms with E-state index in [0.29, 0.717) is 0 Å². The molecule has 0 aromatic heterocycles. The van der Waals surface area contributed by atoms with Gasteiger partial charge < -0.3 is 9.47 Å². The van der Waals surface area contributed by atoms with Crippen LogP contribution < -0.4 is 9.47 Å². The highest BCUT2D eigenvalue weighted by molar-refractivity contribution is 9.10. The summed E-state index contributed by atoms with van der Waals surface area (Å²) >= 11 is 3.74. The maximum atomic E-state index is 6.12. The molecule has 2 rings (SSSR count). The second-order valence-electron chi connectivity index (χ2n) is 11.2. The Bertz CT molecular complexity index is 850. The van der Waals surface area contributed by atoms with Crippen LogP contribution in [0.1, 0.15) is 142 Å². The van der Waals surface area contributed by atoms with E-state index in [4.69, 9.17) is 9.47 Å². The van der Waals surface area contributed by atoms with Crippen molar-refractivity contribution in [1.29, 1.82) is 0 Å². The predicted octanol–water partition coefficient (Wildman–Crippen LogP) is 12.7. The van der Waals surface area contributed by atoms with Crippen LogP contribution in [0, 0.1) is 0 Å². The fraction of sp³-hybridized carbons (Fsp3) is 0.667. The van der Waals surface area contributed by atoms with Crippen LogP contribution in [0.4, 0.5) is 0 Å². The first kappa shape index (κ1) is 33.7. The molecule has 0 bridgehead atoms. The van der Waals surface area contributed by atoms with Crippen LogP contribution in [-0.4, -0.2) is 13.2 Å². The van der Waals surface area contributed by atoms with Gasteiger partial charge in [-0.15, -0.1) is 0 Å². The molecule has 2 aromatic carbocycles. The Morgan fingerprint density at radius 3 is 1.41 bits per heavy atom. The minimum atomic E-state index is 0.791. The zero-order valence-corrected chi connectivity index (χ0v) is 26.9. The molecule has 39 heavy (non-hydrogen) atoms. The summed E-state index contributed by atoms with van der Waals surface area (Å²) in [4.78, 5) is 0. The maximum Gasteiger partial charge on any atom is 0.119 e. The summed E-state index contributed by atoms with van der Waals surface area (Å²) in [5.74, 6) is 1.90. The zero-order chi connectivity index (χ0) is 27.8. The van der Waals surface area contributed by atoms with Crippen molar-refractivity contribution < 1.29 is 9.47 Å². The van der Waals surface area contributed by atoms with Crippen molar-refractivity contribution >= 4 is 15.9 Å². The molecule has 0 aliphatic rings. The highest BCUT2D eigenvalue weighted by Gasteiger charge is 2.07. The van der Waals surface area contributed by atoms with Gasteiger partial charge in [0.25, 0.3) is 0 Å². The van der Waals surface area contributed by atoms with Crippen LogP contribution in [0.5, 0.6) is 11.5 Å². The number of ether oxygens (including phenoxy) is 2. The molecule has 0 radical (unpaired) electrons. The summed E-state index contributed by atoms with van der Waals surface area (Å²) in [6.45, 7) is 6.15. The van der Waals surface area contributed by atoms with Crippen molar-refractivity contribution in [3.63, 3.8) is 0 Å². The van der Waals surface area contributed by atoms with Crippen LogP contribution in [-0.2, 0) is 0 Å². The lowest BCUT2D eigenvalue weighted by Gasteiger charge is -2.12. The molecule has 2 nitrogen and oxygen atoms in total. The van der Waals surface area contributed by atoms with Crippen molar-refractivity contribution in [2.45, 2.75) is 142 Å². The van der Waals surface area contributed by atoms with E-state index in [1.807, 2.05) is 0 Å². The van der Waals surface area contributed by atoms with E-state index in [2.05, 4.69) is 72.2 Å². The van der Waals surface area contributed by atoms with E-state index in [0.717, 1.165) is 53.2 Å². The van der Waals surface area contributed by atoms with Crippen molar-refractivity contribution in [1.82, 2.24) is 0 Å². The molecule has 0 amide bonds. The number of hydrogen-bond donors (Lipinski definition) is 0. The molecule has 0 aliphatic heterocycles. The van der Waals surface area contributed by atoms with Gasteiger partial charge in [0, 0.05) is 4.47 Å². The summed E-state index contributed by atoms with van der Waals surface area (Å²) in [6, 6.07) is 14.8. The molecule has 0 spiro atoms. The molecular formula is C36H57BrO2. The first-order valence-corrected chi connectivity index (χ1v) is 17.2. The highest BCUT2D eigenvalue weighted by Crippen LogP contribution is 2.33. The predicted molar refractivity (Wildman–Crippen MR) is 174 cm³/mol. The third kappa shape index (κ3) is 16.4. The molecule has 2 aromatic rings. The third-order valence-electron chi connectivity index (χ3n) is 7.62. The van der Waals surface area contributed by atoms with Crippen LogP contribution >= 0.6 is 15.9 Å². The van der Waals surface area contributed by atoms with Crippen LogP contribution in [0.15, 0.2) is 46.9 Å². The van der Waals surface area contributed by atoms with Gasteiger partial charge in [0.15, 0.2) is 0 Å². The van der Waals surface area contributed by atoms with Gasteiger partial charge >= 0.3 is 0 Å². The molecule has 0 fully saturated rings. The van der Waals surface area contributed by atoms with Crippen LogP contribution in [0.25, 0.3) is 11.1 Å². The molecule has 0 saturated heterocycles. The second-order valence-corrected chi connectivity index (χ2v) is 12.1. The number of benzene rings is 2. The van der Waals surface area contributed by atoms with Gasteiger partial charge in [-0.2, -0.15) is 0 Å².